The molecule has 0 atom stereocenters. The zero-order valence-corrected chi connectivity index (χ0v) is 15.4. The zero-order valence-electron chi connectivity index (χ0n) is 14.6. The van der Waals surface area contributed by atoms with Crippen LogP contribution in [0.25, 0.3) is 5.82 Å². The number of aryl methyl sites for hydroxylation is 2. The second-order valence-corrected chi connectivity index (χ2v) is 7.64. The molecule has 1 saturated carbocycles. The summed E-state index contributed by atoms with van der Waals surface area (Å²) in [6.07, 6.45) is 11.0. The molecule has 3 heterocycles. The second-order valence-electron chi connectivity index (χ2n) is 6.66. The number of rotatable bonds is 7. The van der Waals surface area contributed by atoms with Crippen LogP contribution in [0.15, 0.2) is 36.9 Å². The van der Waals surface area contributed by atoms with Crippen LogP contribution in [0.4, 0.5) is 0 Å². The van der Waals surface area contributed by atoms with Crippen LogP contribution in [-0.2, 0) is 18.4 Å². The zero-order chi connectivity index (χ0) is 17.3. The van der Waals surface area contributed by atoms with Crippen LogP contribution in [0.3, 0.4) is 0 Å². The standard InChI is InChI=1S/C18H22N6S/c1-14-4-3-5-16(20-14)24-17(21-15(22-24)6-11-25-2)18(7-8-18)12-23-10-9-19-13-23/h3-5,9-10,13H,6-8,11-12H2,1-2H3. The maximum Gasteiger partial charge on any atom is 0.155 e. The maximum absolute atomic E-state index is 4.93. The third-order valence-corrected chi connectivity index (χ3v) is 5.26. The van der Waals surface area contributed by atoms with Gasteiger partial charge in [-0.25, -0.2) is 15.0 Å². The predicted molar refractivity (Wildman–Crippen MR) is 99.1 cm³/mol. The van der Waals surface area contributed by atoms with Crippen molar-refractivity contribution in [2.24, 2.45) is 0 Å². The van der Waals surface area contributed by atoms with Crippen molar-refractivity contribution >= 4 is 11.8 Å². The van der Waals surface area contributed by atoms with Crippen LogP contribution in [0, 0.1) is 6.92 Å². The lowest BCUT2D eigenvalue weighted by Gasteiger charge is -2.16. The first-order valence-electron chi connectivity index (χ1n) is 8.55. The molecule has 6 nitrogen and oxygen atoms in total. The summed E-state index contributed by atoms with van der Waals surface area (Å²) in [6.45, 7) is 2.90. The molecule has 0 N–H and O–H groups in total. The average Bonchev–Trinajstić information content (AvgIpc) is 3.02. The van der Waals surface area contributed by atoms with E-state index in [1.165, 1.54) is 0 Å². The number of hydrogen-bond donors (Lipinski definition) is 0. The van der Waals surface area contributed by atoms with E-state index < -0.39 is 0 Å². The number of pyridine rings is 1. The molecular formula is C18H22N6S. The Labute approximate surface area is 151 Å². The number of hydrogen-bond acceptors (Lipinski definition) is 5. The van der Waals surface area contributed by atoms with E-state index in [2.05, 4.69) is 20.8 Å². The maximum atomic E-state index is 4.93. The van der Waals surface area contributed by atoms with Crippen molar-refractivity contribution in [2.45, 2.75) is 38.1 Å². The molecular weight excluding hydrogens is 332 g/mol. The summed E-state index contributed by atoms with van der Waals surface area (Å²) < 4.78 is 4.10. The van der Waals surface area contributed by atoms with Crippen molar-refractivity contribution in [1.29, 1.82) is 0 Å². The molecule has 3 aromatic rings. The summed E-state index contributed by atoms with van der Waals surface area (Å²) in [4.78, 5) is 13.8. The van der Waals surface area contributed by atoms with Crippen molar-refractivity contribution in [1.82, 2.24) is 29.3 Å². The third kappa shape index (κ3) is 3.33. The van der Waals surface area contributed by atoms with Gasteiger partial charge in [0, 0.05) is 42.2 Å². The highest BCUT2D eigenvalue weighted by Crippen LogP contribution is 2.49. The minimum Gasteiger partial charge on any atom is -0.336 e. The highest BCUT2D eigenvalue weighted by molar-refractivity contribution is 7.98. The molecule has 130 valence electrons. The Hall–Kier alpha value is -2.15. The van der Waals surface area contributed by atoms with Crippen molar-refractivity contribution in [3.8, 4) is 5.82 Å². The Morgan fingerprint density at radius 2 is 2.12 bits per heavy atom. The van der Waals surface area contributed by atoms with Crippen LogP contribution in [0.2, 0.25) is 0 Å². The quantitative estimate of drug-likeness (QED) is 0.653. The van der Waals surface area contributed by atoms with E-state index in [-0.39, 0.29) is 5.41 Å². The smallest absolute Gasteiger partial charge is 0.155 e. The first-order valence-corrected chi connectivity index (χ1v) is 9.95. The van der Waals surface area contributed by atoms with E-state index in [0.717, 1.165) is 54.7 Å². The molecule has 0 unspecified atom stereocenters. The molecule has 0 amide bonds. The molecule has 1 fully saturated rings. The molecule has 3 aromatic heterocycles. The monoisotopic (exact) mass is 354 g/mol. The van der Waals surface area contributed by atoms with Gasteiger partial charge >= 0.3 is 0 Å². The van der Waals surface area contributed by atoms with Gasteiger partial charge < -0.3 is 4.57 Å². The largest absolute Gasteiger partial charge is 0.336 e. The van der Waals surface area contributed by atoms with Gasteiger partial charge in [0.05, 0.1) is 6.33 Å². The van der Waals surface area contributed by atoms with Crippen molar-refractivity contribution < 1.29 is 0 Å². The van der Waals surface area contributed by atoms with Crippen molar-refractivity contribution in [3.63, 3.8) is 0 Å². The highest BCUT2D eigenvalue weighted by Gasteiger charge is 2.49. The van der Waals surface area contributed by atoms with Crippen LogP contribution in [0.1, 0.15) is 30.2 Å². The summed E-state index contributed by atoms with van der Waals surface area (Å²) in [6, 6.07) is 6.05. The van der Waals surface area contributed by atoms with E-state index in [1.54, 1.807) is 0 Å². The predicted octanol–water partition coefficient (Wildman–Crippen LogP) is 2.80. The van der Waals surface area contributed by atoms with Gasteiger partial charge in [-0.2, -0.15) is 16.4 Å². The Morgan fingerprint density at radius 1 is 1.24 bits per heavy atom. The van der Waals surface area contributed by atoms with Gasteiger partial charge in [-0.3, -0.25) is 0 Å². The molecule has 0 aromatic carbocycles. The molecule has 7 heteroatoms. The highest BCUT2D eigenvalue weighted by atomic mass is 32.2. The van der Waals surface area contributed by atoms with Crippen molar-refractivity contribution in [2.75, 3.05) is 12.0 Å². The number of aromatic nitrogens is 6. The molecule has 25 heavy (non-hydrogen) atoms. The molecule has 0 spiro atoms. The topological polar surface area (TPSA) is 61.4 Å². The second kappa shape index (κ2) is 6.63. The van der Waals surface area contributed by atoms with E-state index in [4.69, 9.17) is 10.1 Å². The van der Waals surface area contributed by atoms with Gasteiger partial charge in [0.2, 0.25) is 0 Å². The molecule has 0 saturated heterocycles. The Balaban J connectivity index is 1.73. The van der Waals surface area contributed by atoms with Gasteiger partial charge in [-0.15, -0.1) is 5.10 Å². The first kappa shape index (κ1) is 16.3. The first-order chi connectivity index (χ1) is 12.2. The van der Waals surface area contributed by atoms with Gasteiger partial charge in [-0.05, 0) is 38.2 Å². The summed E-state index contributed by atoms with van der Waals surface area (Å²) in [5.74, 6) is 3.83. The lowest BCUT2D eigenvalue weighted by molar-refractivity contribution is 0.505. The molecule has 1 aliphatic rings. The van der Waals surface area contributed by atoms with Gasteiger partial charge in [0.25, 0.3) is 0 Å². The minimum absolute atomic E-state index is 0.0384. The summed E-state index contributed by atoms with van der Waals surface area (Å²) in [5, 5.41) is 4.80. The van der Waals surface area contributed by atoms with Gasteiger partial charge in [-0.1, -0.05) is 6.07 Å². The summed E-state index contributed by atoms with van der Waals surface area (Å²) >= 11 is 1.82. The van der Waals surface area contributed by atoms with Crippen LogP contribution in [-0.4, -0.2) is 41.3 Å². The lowest BCUT2D eigenvalue weighted by atomic mass is 10.1. The third-order valence-electron chi connectivity index (χ3n) is 4.64. The normalized spacial score (nSPS) is 15.4. The van der Waals surface area contributed by atoms with Crippen LogP contribution >= 0.6 is 11.8 Å². The SMILES string of the molecule is CSCCc1nc(C2(Cn3ccnc3)CC2)n(-c2cccc(C)n2)n1. The van der Waals surface area contributed by atoms with Gasteiger partial charge in [0.1, 0.15) is 5.82 Å². The molecule has 0 bridgehead atoms. The fourth-order valence-corrected chi connectivity index (χ4v) is 3.52. The van der Waals surface area contributed by atoms with Crippen molar-refractivity contribution in [3.05, 3.63) is 54.3 Å². The summed E-state index contributed by atoms with van der Waals surface area (Å²) in [7, 11) is 0. The number of nitrogens with zero attached hydrogens (tertiary/aromatic N) is 6. The molecule has 1 aliphatic carbocycles. The fraction of sp³-hybridized carbons (Fsp3) is 0.444. The van der Waals surface area contributed by atoms with Gasteiger partial charge in [0.15, 0.2) is 11.6 Å². The van der Waals surface area contributed by atoms with E-state index in [9.17, 15) is 0 Å². The lowest BCUT2D eigenvalue weighted by Crippen LogP contribution is -2.21. The average molecular weight is 354 g/mol. The van der Waals surface area contributed by atoms with E-state index >= 15 is 0 Å². The minimum atomic E-state index is 0.0384. The molecule has 4 rings (SSSR count). The molecule has 0 aliphatic heterocycles. The Bertz CT molecular complexity index is 850. The van der Waals surface area contributed by atoms with Crippen LogP contribution < -0.4 is 0 Å². The van der Waals surface area contributed by atoms with Crippen LogP contribution in [0.5, 0.6) is 0 Å². The Kier molecular flexibility index (Phi) is 4.33. The fourth-order valence-electron chi connectivity index (χ4n) is 3.14. The number of imidazole rings is 1. The van der Waals surface area contributed by atoms with E-state index in [0.29, 0.717) is 0 Å². The Morgan fingerprint density at radius 3 is 2.80 bits per heavy atom. The summed E-state index contributed by atoms with van der Waals surface area (Å²) in [5.41, 5.74) is 1.03. The molecule has 0 radical (unpaired) electrons. The van der Waals surface area contributed by atoms with E-state index in [1.807, 2.05) is 60.3 Å². The number of thioether (sulfide) groups is 1.